The highest BCUT2D eigenvalue weighted by Crippen LogP contribution is 2.21. The molecule has 4 amide bonds. The molecular weight excluding hydrogens is 477 g/mol. The fourth-order valence-electron chi connectivity index (χ4n) is 2.76. The Labute approximate surface area is 201 Å². The molecule has 0 heterocycles. The Hall–Kier alpha value is -3.19. The first-order valence-electron chi connectivity index (χ1n) is 10.7. The van der Waals surface area contributed by atoms with E-state index in [0.717, 1.165) is 11.8 Å². The summed E-state index contributed by atoms with van der Waals surface area (Å²) < 4.78 is 38.0. The number of alkyl halides is 3. The molecule has 0 saturated heterocycles. The molecule has 35 heavy (non-hydrogen) atoms. The maximum Gasteiger partial charge on any atom is 0.452 e. The molecule has 0 fully saturated rings. The van der Waals surface area contributed by atoms with Gasteiger partial charge in [-0.15, -0.1) is 0 Å². The lowest BCUT2D eigenvalue weighted by atomic mass is 9.85. The molecule has 4 N–H and O–H groups in total. The van der Waals surface area contributed by atoms with Crippen molar-refractivity contribution < 1.29 is 47.0 Å². The third kappa shape index (κ3) is 11.7. The lowest BCUT2D eigenvalue weighted by molar-refractivity contribution is -0.173. The van der Waals surface area contributed by atoms with Gasteiger partial charge in [-0.1, -0.05) is 20.8 Å². The topological polar surface area (TPSA) is 162 Å². The summed E-state index contributed by atoms with van der Waals surface area (Å²) in [4.78, 5) is 73.1. The fraction of sp³-hybridized carbons (Fsp3) is 0.714. The predicted octanol–water partition coefficient (Wildman–Crippen LogP) is 0.371. The average Bonchev–Trinajstić information content (AvgIpc) is 2.68. The minimum Gasteiger partial charge on any atom is -0.481 e. The fourth-order valence-corrected chi connectivity index (χ4v) is 2.76. The number of hydrogen-bond acceptors (Lipinski definition) is 6. The quantitative estimate of drug-likeness (QED) is 0.295. The lowest BCUT2D eigenvalue weighted by Gasteiger charge is -2.32. The average molecular weight is 511 g/mol. The molecule has 0 aliphatic heterocycles. The molecular formula is C21H33F3N4O7. The van der Waals surface area contributed by atoms with Crippen molar-refractivity contribution in [2.45, 2.75) is 77.7 Å². The molecule has 0 aliphatic carbocycles. The number of aliphatic carboxylic acids is 1. The van der Waals surface area contributed by atoms with Crippen molar-refractivity contribution in [2.75, 3.05) is 14.1 Å². The van der Waals surface area contributed by atoms with Crippen molar-refractivity contribution >= 4 is 35.4 Å². The third-order valence-corrected chi connectivity index (χ3v) is 4.77. The Bertz CT molecular complexity index is 823. The Morgan fingerprint density at radius 3 is 1.86 bits per heavy atom. The molecule has 1 unspecified atom stereocenters. The number of nitrogens with one attached hydrogen (secondary N) is 3. The van der Waals surface area contributed by atoms with Crippen LogP contribution in [0.5, 0.6) is 0 Å². The molecule has 0 aliphatic rings. The van der Waals surface area contributed by atoms with Gasteiger partial charge in [0.1, 0.15) is 12.1 Å². The number of carbonyl (C=O) groups excluding carboxylic acids is 5. The van der Waals surface area contributed by atoms with Gasteiger partial charge in [-0.25, -0.2) is 0 Å². The molecule has 0 aromatic carbocycles. The van der Waals surface area contributed by atoms with E-state index in [1.165, 1.54) is 14.1 Å². The van der Waals surface area contributed by atoms with E-state index in [0.29, 0.717) is 0 Å². The Morgan fingerprint density at radius 2 is 1.43 bits per heavy atom. The number of amides is 4. The van der Waals surface area contributed by atoms with E-state index < -0.39 is 71.5 Å². The van der Waals surface area contributed by atoms with Gasteiger partial charge in [0.25, 0.3) is 5.78 Å². The summed E-state index contributed by atoms with van der Waals surface area (Å²) >= 11 is 0. The van der Waals surface area contributed by atoms with Gasteiger partial charge in [0.15, 0.2) is 0 Å². The Kier molecular flexibility index (Phi) is 11.9. The molecule has 0 radical (unpaired) electrons. The van der Waals surface area contributed by atoms with Crippen LogP contribution in [0.15, 0.2) is 0 Å². The normalized spacial score (nSPS) is 14.2. The van der Waals surface area contributed by atoms with Crippen molar-refractivity contribution in [2.24, 2.45) is 5.41 Å². The van der Waals surface area contributed by atoms with Gasteiger partial charge >= 0.3 is 12.1 Å². The van der Waals surface area contributed by atoms with Crippen molar-refractivity contribution in [1.29, 1.82) is 0 Å². The number of halogens is 3. The zero-order valence-corrected chi connectivity index (χ0v) is 20.5. The van der Waals surface area contributed by atoms with Crippen LogP contribution in [0.3, 0.4) is 0 Å². The molecule has 0 rings (SSSR count). The van der Waals surface area contributed by atoms with Gasteiger partial charge in [-0.3, -0.25) is 28.8 Å². The predicted molar refractivity (Wildman–Crippen MR) is 117 cm³/mol. The van der Waals surface area contributed by atoms with E-state index in [9.17, 15) is 41.9 Å². The Balaban J connectivity index is 5.66. The minimum absolute atomic E-state index is 0.0210. The van der Waals surface area contributed by atoms with Gasteiger partial charge in [0.2, 0.25) is 23.6 Å². The molecule has 14 heteroatoms. The van der Waals surface area contributed by atoms with Crippen LogP contribution in [0, 0.1) is 5.41 Å². The Morgan fingerprint density at radius 1 is 0.886 bits per heavy atom. The second kappa shape index (κ2) is 13.0. The number of carbonyl (C=O) groups is 6. The van der Waals surface area contributed by atoms with Crippen LogP contribution in [0.2, 0.25) is 0 Å². The highest BCUT2D eigenvalue weighted by Gasteiger charge is 2.43. The zero-order chi connectivity index (χ0) is 27.7. The SMILES string of the molecule is CC(NC(=O)[C@H](CC(=O)N(C)C)NC(=O)[C@@H](NC(=O)CCCC(=O)O)C(C)(C)C)C(=O)C(F)(F)F. The largest absolute Gasteiger partial charge is 0.481 e. The van der Waals surface area contributed by atoms with Crippen LogP contribution in [-0.4, -0.2) is 83.8 Å². The van der Waals surface area contributed by atoms with Crippen LogP contribution >= 0.6 is 0 Å². The number of Topliss-reactive ketones (excluding diaryl/α,β-unsaturated/α-hetero) is 1. The highest BCUT2D eigenvalue weighted by molar-refractivity contribution is 5.97. The summed E-state index contributed by atoms with van der Waals surface area (Å²) in [5, 5.41) is 15.3. The summed E-state index contributed by atoms with van der Waals surface area (Å²) in [6.45, 7) is 5.60. The highest BCUT2D eigenvalue weighted by atomic mass is 19.4. The number of nitrogens with zero attached hydrogens (tertiary/aromatic N) is 1. The van der Waals surface area contributed by atoms with E-state index in [1.54, 1.807) is 20.8 Å². The van der Waals surface area contributed by atoms with Crippen LogP contribution in [-0.2, 0) is 28.8 Å². The second-order valence-electron chi connectivity index (χ2n) is 9.26. The third-order valence-electron chi connectivity index (χ3n) is 4.77. The number of ketones is 1. The summed E-state index contributed by atoms with van der Waals surface area (Å²) in [7, 11) is 2.73. The summed E-state index contributed by atoms with van der Waals surface area (Å²) in [6.07, 6.45) is -6.25. The van der Waals surface area contributed by atoms with E-state index in [1.807, 2.05) is 5.32 Å². The maximum absolute atomic E-state index is 13.0. The minimum atomic E-state index is -5.20. The molecule has 0 aromatic rings. The summed E-state index contributed by atoms with van der Waals surface area (Å²) in [5.41, 5.74) is -0.904. The zero-order valence-electron chi connectivity index (χ0n) is 20.5. The van der Waals surface area contributed by atoms with Crippen LogP contribution in [0.1, 0.15) is 53.4 Å². The van der Waals surface area contributed by atoms with E-state index in [2.05, 4.69) is 10.6 Å². The number of rotatable bonds is 12. The number of carboxylic acid groups (broad SMARTS) is 1. The van der Waals surface area contributed by atoms with Crippen LogP contribution in [0.4, 0.5) is 13.2 Å². The maximum atomic E-state index is 13.0. The summed E-state index contributed by atoms with van der Waals surface area (Å²) in [6, 6.07) is -4.85. The monoisotopic (exact) mass is 510 g/mol. The van der Waals surface area contributed by atoms with Gasteiger partial charge in [-0.05, 0) is 18.8 Å². The van der Waals surface area contributed by atoms with Gasteiger partial charge in [0, 0.05) is 26.9 Å². The van der Waals surface area contributed by atoms with Gasteiger partial charge in [-0.2, -0.15) is 13.2 Å². The first-order chi connectivity index (χ1) is 15.8. The molecule has 200 valence electrons. The molecule has 0 spiro atoms. The van der Waals surface area contributed by atoms with Crippen molar-refractivity contribution in [1.82, 2.24) is 20.9 Å². The van der Waals surface area contributed by atoms with E-state index in [4.69, 9.17) is 5.11 Å². The standard InChI is InChI=1S/C21H33F3N4O7/c1-11(17(33)21(22,23)24)25-18(34)12(10-14(30)28(5)6)26-19(35)16(20(2,3)4)27-13(29)8-7-9-15(31)32/h11-12,16H,7-10H2,1-6H3,(H,25,34)(H,26,35)(H,27,29)(H,31,32)/t11?,12-,16+/m0/s1. The van der Waals surface area contributed by atoms with Gasteiger partial charge < -0.3 is 26.0 Å². The van der Waals surface area contributed by atoms with Crippen LogP contribution in [0.25, 0.3) is 0 Å². The van der Waals surface area contributed by atoms with Crippen molar-refractivity contribution in [3.05, 3.63) is 0 Å². The van der Waals surface area contributed by atoms with Gasteiger partial charge in [0.05, 0.1) is 12.5 Å². The van der Waals surface area contributed by atoms with E-state index in [-0.39, 0.29) is 19.3 Å². The van der Waals surface area contributed by atoms with Crippen molar-refractivity contribution in [3.63, 3.8) is 0 Å². The van der Waals surface area contributed by atoms with Crippen LogP contribution < -0.4 is 16.0 Å². The molecule has 11 nitrogen and oxygen atoms in total. The lowest BCUT2D eigenvalue weighted by Crippen LogP contribution is -2.59. The first-order valence-corrected chi connectivity index (χ1v) is 10.7. The van der Waals surface area contributed by atoms with Crippen molar-refractivity contribution in [3.8, 4) is 0 Å². The van der Waals surface area contributed by atoms with E-state index >= 15 is 0 Å². The molecule has 0 aromatic heterocycles. The molecule has 3 atom stereocenters. The number of carboxylic acids is 1. The first kappa shape index (κ1) is 31.8. The summed E-state index contributed by atoms with van der Waals surface area (Å²) in [5.74, 6) is -6.66. The smallest absolute Gasteiger partial charge is 0.452 e. The molecule has 0 bridgehead atoms. The molecule has 0 saturated carbocycles. The second-order valence-corrected chi connectivity index (χ2v) is 9.26. The number of hydrogen-bond donors (Lipinski definition) is 4.